The molecule has 0 aliphatic heterocycles. The lowest BCUT2D eigenvalue weighted by atomic mass is 10.0. The molecule has 0 aliphatic rings. The van der Waals surface area contributed by atoms with Crippen molar-refractivity contribution in [2.24, 2.45) is 0 Å². The molecular weight excluding hydrogens is 997 g/mol. The Morgan fingerprint density at radius 3 is 0.753 bits per heavy atom. The molecule has 0 spiro atoms. The second-order valence-electron chi connectivity index (χ2n) is 23.8. The number of carbonyl (C=O) groups is 3. The molecule has 6 heteroatoms. The zero-order valence-electron chi connectivity index (χ0n) is 54.1. The van der Waals surface area contributed by atoms with E-state index < -0.39 is 6.10 Å². The van der Waals surface area contributed by atoms with Crippen LogP contribution >= 0.6 is 0 Å². The van der Waals surface area contributed by atoms with E-state index in [9.17, 15) is 14.4 Å². The van der Waals surface area contributed by atoms with Crippen molar-refractivity contribution in [3.05, 3.63) is 72.9 Å². The van der Waals surface area contributed by atoms with Crippen molar-refractivity contribution in [2.45, 2.75) is 374 Å². The fourth-order valence-electron chi connectivity index (χ4n) is 10.4. The second kappa shape index (κ2) is 69.3. The SMILES string of the molecule is CC/C=C\C/C=C\C/C=C\CCCCCCCCCC(=O)OCC(COC(=O)CCCCCCCCCCCCCCCCCCCCCCCCCCC)OC(=O)CCCCCCCC/C=C\C/C=C\C/C=C\CCCCCCC. The Hall–Kier alpha value is -3.15. The maximum absolute atomic E-state index is 13.0. The number of ether oxygens (including phenoxy) is 3. The van der Waals surface area contributed by atoms with Crippen LogP contribution in [0.2, 0.25) is 0 Å². The summed E-state index contributed by atoms with van der Waals surface area (Å²) in [4.78, 5) is 38.5. The van der Waals surface area contributed by atoms with Crippen LogP contribution in [-0.2, 0) is 28.6 Å². The molecule has 0 saturated heterocycles. The van der Waals surface area contributed by atoms with E-state index in [4.69, 9.17) is 14.2 Å². The molecule has 0 fully saturated rings. The van der Waals surface area contributed by atoms with Gasteiger partial charge in [0.1, 0.15) is 13.2 Å². The smallest absolute Gasteiger partial charge is 0.306 e. The van der Waals surface area contributed by atoms with Crippen LogP contribution in [0.25, 0.3) is 0 Å². The summed E-state index contributed by atoms with van der Waals surface area (Å²) in [5, 5.41) is 0. The first-order valence-electron chi connectivity index (χ1n) is 35.4. The van der Waals surface area contributed by atoms with E-state index in [1.807, 2.05) is 0 Å². The predicted octanol–water partition coefficient (Wildman–Crippen LogP) is 24.4. The minimum atomic E-state index is -0.788. The molecule has 0 rings (SSSR count). The van der Waals surface area contributed by atoms with Gasteiger partial charge in [-0.25, -0.2) is 0 Å². The fourth-order valence-corrected chi connectivity index (χ4v) is 10.4. The van der Waals surface area contributed by atoms with Crippen LogP contribution in [0.3, 0.4) is 0 Å². The Morgan fingerprint density at radius 1 is 0.259 bits per heavy atom. The van der Waals surface area contributed by atoms with Gasteiger partial charge in [-0.1, -0.05) is 331 Å². The summed E-state index contributed by atoms with van der Waals surface area (Å²) in [6.45, 7) is 6.56. The summed E-state index contributed by atoms with van der Waals surface area (Å²) in [5.74, 6) is -0.882. The quantitative estimate of drug-likeness (QED) is 0.0261. The highest BCUT2D eigenvalue weighted by Crippen LogP contribution is 2.18. The number of hydrogen-bond acceptors (Lipinski definition) is 6. The van der Waals surface area contributed by atoms with E-state index in [0.29, 0.717) is 19.3 Å². The Kier molecular flexibility index (Phi) is 66.6. The van der Waals surface area contributed by atoms with Crippen molar-refractivity contribution in [3.63, 3.8) is 0 Å². The van der Waals surface area contributed by atoms with Gasteiger partial charge in [-0.05, 0) is 89.9 Å². The Bertz CT molecular complexity index is 1490. The van der Waals surface area contributed by atoms with Crippen molar-refractivity contribution >= 4 is 17.9 Å². The molecule has 0 aliphatic carbocycles. The number of allylic oxidation sites excluding steroid dienone is 12. The van der Waals surface area contributed by atoms with Crippen LogP contribution < -0.4 is 0 Å². The predicted molar refractivity (Wildman–Crippen MR) is 353 cm³/mol. The summed E-state index contributed by atoms with van der Waals surface area (Å²) < 4.78 is 17.0. The maximum atomic E-state index is 13.0. The van der Waals surface area contributed by atoms with Gasteiger partial charge in [-0.2, -0.15) is 0 Å². The molecule has 0 heterocycles. The molecule has 0 N–H and O–H groups in total. The molecule has 0 aromatic carbocycles. The second-order valence-corrected chi connectivity index (χ2v) is 23.8. The molecular formula is C75H134O6. The van der Waals surface area contributed by atoms with E-state index >= 15 is 0 Å². The Balaban J connectivity index is 4.34. The van der Waals surface area contributed by atoms with Crippen molar-refractivity contribution in [3.8, 4) is 0 Å². The zero-order chi connectivity index (χ0) is 58.5. The summed E-state index contributed by atoms with van der Waals surface area (Å²) in [5.41, 5.74) is 0. The van der Waals surface area contributed by atoms with E-state index in [1.165, 1.54) is 218 Å². The third-order valence-corrected chi connectivity index (χ3v) is 15.7. The topological polar surface area (TPSA) is 78.9 Å². The highest BCUT2D eigenvalue weighted by atomic mass is 16.6. The van der Waals surface area contributed by atoms with Gasteiger partial charge in [0.25, 0.3) is 0 Å². The number of hydrogen-bond donors (Lipinski definition) is 0. The molecule has 0 aromatic rings. The molecule has 0 amide bonds. The Morgan fingerprint density at radius 2 is 0.481 bits per heavy atom. The van der Waals surface area contributed by atoms with Crippen molar-refractivity contribution in [1.82, 2.24) is 0 Å². The molecule has 81 heavy (non-hydrogen) atoms. The standard InChI is InChI=1S/C75H134O6/c1-4-7-10-13-16-19-22-25-28-31-33-35-36-37-38-40-41-44-47-50-53-56-59-62-65-68-74(77)80-71-72(70-79-73(76)67-64-61-58-55-52-49-46-43-30-27-24-21-18-15-12-9-6-3)81-75(78)69-66-63-60-57-54-51-48-45-42-39-34-32-29-26-23-20-17-14-11-8-5-2/h9,12,18,21,23,26-27,30,32,34,42,45,72H,4-8,10-11,13-17,19-20,22,24-25,28-29,31,33,35-41,43-44,46-71H2,1-3H3/b12-9-,21-18-,26-23-,30-27-,34-32-,45-42-. The third kappa shape index (κ3) is 67.5. The van der Waals surface area contributed by atoms with Crippen LogP contribution in [0.1, 0.15) is 367 Å². The van der Waals surface area contributed by atoms with Gasteiger partial charge < -0.3 is 14.2 Å². The number of unbranched alkanes of at least 4 members (excludes halogenated alkanes) is 42. The van der Waals surface area contributed by atoms with Crippen LogP contribution in [0.5, 0.6) is 0 Å². The van der Waals surface area contributed by atoms with Gasteiger partial charge in [-0.15, -0.1) is 0 Å². The zero-order valence-corrected chi connectivity index (χ0v) is 54.1. The largest absolute Gasteiger partial charge is 0.462 e. The highest BCUT2D eigenvalue weighted by molar-refractivity contribution is 5.71. The summed E-state index contributed by atoms with van der Waals surface area (Å²) in [7, 11) is 0. The van der Waals surface area contributed by atoms with Gasteiger partial charge in [0.15, 0.2) is 6.10 Å². The Labute approximate surface area is 503 Å². The highest BCUT2D eigenvalue weighted by Gasteiger charge is 2.19. The van der Waals surface area contributed by atoms with Crippen molar-refractivity contribution < 1.29 is 28.6 Å². The lowest BCUT2D eigenvalue weighted by Crippen LogP contribution is -2.30. The number of carbonyl (C=O) groups excluding carboxylic acids is 3. The lowest BCUT2D eigenvalue weighted by molar-refractivity contribution is -0.167. The number of esters is 3. The molecule has 1 unspecified atom stereocenters. The fraction of sp³-hybridized carbons (Fsp3) is 0.800. The van der Waals surface area contributed by atoms with Crippen molar-refractivity contribution in [2.75, 3.05) is 13.2 Å². The number of rotatable bonds is 65. The van der Waals surface area contributed by atoms with Gasteiger partial charge in [0.05, 0.1) is 0 Å². The van der Waals surface area contributed by atoms with Gasteiger partial charge in [0, 0.05) is 19.3 Å². The molecule has 6 nitrogen and oxygen atoms in total. The van der Waals surface area contributed by atoms with E-state index in [-0.39, 0.29) is 31.1 Å². The van der Waals surface area contributed by atoms with E-state index in [1.54, 1.807) is 0 Å². The monoisotopic (exact) mass is 1130 g/mol. The van der Waals surface area contributed by atoms with Crippen LogP contribution in [0, 0.1) is 0 Å². The first-order chi connectivity index (χ1) is 40.0. The molecule has 0 bridgehead atoms. The maximum Gasteiger partial charge on any atom is 0.306 e. The summed E-state index contributed by atoms with van der Waals surface area (Å²) >= 11 is 0. The van der Waals surface area contributed by atoms with Crippen molar-refractivity contribution in [1.29, 1.82) is 0 Å². The van der Waals surface area contributed by atoms with E-state index in [0.717, 1.165) is 109 Å². The normalized spacial score (nSPS) is 12.5. The molecule has 0 saturated carbocycles. The molecule has 1 atom stereocenters. The first-order valence-corrected chi connectivity index (χ1v) is 35.4. The van der Waals surface area contributed by atoms with Crippen LogP contribution in [-0.4, -0.2) is 37.2 Å². The molecule has 0 aromatic heterocycles. The molecule has 0 radical (unpaired) electrons. The summed E-state index contributed by atoms with van der Waals surface area (Å²) in [6, 6.07) is 0. The minimum Gasteiger partial charge on any atom is -0.462 e. The molecule has 470 valence electrons. The lowest BCUT2D eigenvalue weighted by Gasteiger charge is -2.18. The third-order valence-electron chi connectivity index (χ3n) is 15.7. The average molecular weight is 1130 g/mol. The average Bonchev–Trinajstić information content (AvgIpc) is 3.47. The van der Waals surface area contributed by atoms with Gasteiger partial charge in [-0.3, -0.25) is 14.4 Å². The van der Waals surface area contributed by atoms with Crippen LogP contribution in [0.15, 0.2) is 72.9 Å². The van der Waals surface area contributed by atoms with E-state index in [2.05, 4.69) is 93.7 Å². The summed E-state index contributed by atoms with van der Waals surface area (Å²) in [6.07, 6.45) is 90.7. The van der Waals surface area contributed by atoms with Gasteiger partial charge >= 0.3 is 17.9 Å². The minimum absolute atomic E-state index is 0.0809. The first kappa shape index (κ1) is 77.9. The van der Waals surface area contributed by atoms with Crippen LogP contribution in [0.4, 0.5) is 0 Å². The van der Waals surface area contributed by atoms with Gasteiger partial charge in [0.2, 0.25) is 0 Å².